The number of hydrogen-bond donors (Lipinski definition) is 0. The zero-order valence-electron chi connectivity index (χ0n) is 12.2. The van der Waals surface area contributed by atoms with Crippen LogP contribution in [0.4, 0.5) is 5.69 Å². The summed E-state index contributed by atoms with van der Waals surface area (Å²) in [5.74, 6) is 0. The highest BCUT2D eigenvalue weighted by Crippen LogP contribution is 2.40. The summed E-state index contributed by atoms with van der Waals surface area (Å²) >= 11 is 0. The molecule has 0 bridgehead atoms. The van der Waals surface area contributed by atoms with Crippen molar-refractivity contribution in [3.05, 3.63) is 29.3 Å². The van der Waals surface area contributed by atoms with Crippen molar-refractivity contribution in [3.63, 3.8) is 0 Å². The summed E-state index contributed by atoms with van der Waals surface area (Å²) in [7, 11) is 2.17. The van der Waals surface area contributed by atoms with Gasteiger partial charge in [-0.25, -0.2) is 4.58 Å². The van der Waals surface area contributed by atoms with Gasteiger partial charge in [-0.05, 0) is 30.9 Å². The Morgan fingerprint density at radius 2 is 1.71 bits per heavy atom. The normalized spacial score (nSPS) is 18.5. The molecular weight excluding hydrogens is 206 g/mol. The number of fused-ring (bicyclic) bond motifs is 1. The van der Waals surface area contributed by atoms with Gasteiger partial charge in [-0.15, -0.1) is 0 Å². The summed E-state index contributed by atoms with van der Waals surface area (Å²) in [6.45, 7) is 13.7. The fraction of sp³-hybridized carbons (Fsp3) is 0.562. The third kappa shape index (κ3) is 1.72. The second kappa shape index (κ2) is 3.44. The highest BCUT2D eigenvalue weighted by Gasteiger charge is 2.41. The van der Waals surface area contributed by atoms with Gasteiger partial charge in [0, 0.05) is 18.6 Å². The minimum absolute atomic E-state index is 0.158. The Balaban J connectivity index is 2.64. The third-order valence-corrected chi connectivity index (χ3v) is 4.30. The Bertz CT molecular complexity index is 499. The van der Waals surface area contributed by atoms with Gasteiger partial charge in [-0.2, -0.15) is 0 Å². The van der Waals surface area contributed by atoms with E-state index in [4.69, 9.17) is 0 Å². The lowest BCUT2D eigenvalue weighted by Gasteiger charge is -2.22. The highest BCUT2D eigenvalue weighted by molar-refractivity contribution is 5.93. The van der Waals surface area contributed by atoms with Gasteiger partial charge in [0.2, 0.25) is 5.69 Å². The highest BCUT2D eigenvalue weighted by atomic mass is 15.0. The maximum atomic E-state index is 2.39. The lowest BCUT2D eigenvalue weighted by Crippen LogP contribution is -2.25. The first-order valence-electron chi connectivity index (χ1n) is 6.38. The second-order valence-electron chi connectivity index (χ2n) is 6.75. The van der Waals surface area contributed by atoms with Gasteiger partial charge in [0.05, 0.1) is 5.41 Å². The van der Waals surface area contributed by atoms with Gasteiger partial charge in [0.15, 0.2) is 5.71 Å². The van der Waals surface area contributed by atoms with E-state index >= 15 is 0 Å². The Morgan fingerprint density at radius 3 is 2.24 bits per heavy atom. The van der Waals surface area contributed by atoms with Crippen LogP contribution in [0.5, 0.6) is 0 Å². The van der Waals surface area contributed by atoms with Gasteiger partial charge in [-0.1, -0.05) is 26.8 Å². The first kappa shape index (κ1) is 12.3. The minimum Gasteiger partial charge on any atom is -0.202 e. The Hall–Kier alpha value is -1.11. The van der Waals surface area contributed by atoms with Crippen LogP contribution in [-0.2, 0) is 10.8 Å². The Kier molecular flexibility index (Phi) is 2.50. The Morgan fingerprint density at radius 1 is 1.12 bits per heavy atom. The van der Waals surface area contributed by atoms with Crippen molar-refractivity contribution in [2.45, 2.75) is 52.4 Å². The van der Waals surface area contributed by atoms with Crippen molar-refractivity contribution in [2.24, 2.45) is 0 Å². The van der Waals surface area contributed by atoms with E-state index in [2.05, 4.69) is 71.4 Å². The number of hydrogen-bond acceptors (Lipinski definition) is 0. The van der Waals surface area contributed by atoms with Crippen LogP contribution in [0.25, 0.3) is 0 Å². The number of benzene rings is 1. The lowest BCUT2D eigenvalue weighted by atomic mass is 9.78. The van der Waals surface area contributed by atoms with Crippen LogP contribution in [0.2, 0.25) is 0 Å². The summed E-state index contributed by atoms with van der Waals surface area (Å²) in [6.07, 6.45) is 0. The van der Waals surface area contributed by atoms with E-state index in [1.54, 1.807) is 0 Å². The van der Waals surface area contributed by atoms with E-state index < -0.39 is 0 Å². The maximum absolute atomic E-state index is 2.39. The average Bonchev–Trinajstić information content (AvgIpc) is 2.39. The zero-order chi connectivity index (χ0) is 13.0. The second-order valence-corrected chi connectivity index (χ2v) is 6.75. The van der Waals surface area contributed by atoms with Crippen molar-refractivity contribution >= 4 is 11.4 Å². The van der Waals surface area contributed by atoms with Gasteiger partial charge >= 0.3 is 0 Å². The van der Waals surface area contributed by atoms with Gasteiger partial charge in [0.25, 0.3) is 0 Å². The van der Waals surface area contributed by atoms with Crippen LogP contribution in [0, 0.1) is 0 Å². The predicted molar refractivity (Wildman–Crippen MR) is 74.7 cm³/mol. The largest absolute Gasteiger partial charge is 0.209 e. The molecular formula is C16H24N+. The lowest BCUT2D eigenvalue weighted by molar-refractivity contribution is -0.403. The summed E-state index contributed by atoms with van der Waals surface area (Å²) in [6, 6.07) is 6.93. The molecule has 2 rings (SSSR count). The van der Waals surface area contributed by atoms with E-state index in [1.807, 2.05) is 0 Å². The SMILES string of the molecule is CC1=[N+](C)c2ccc(C(C)(C)C)cc2C1(C)C. The monoisotopic (exact) mass is 230 g/mol. The van der Waals surface area contributed by atoms with Crippen molar-refractivity contribution in [2.75, 3.05) is 7.05 Å². The van der Waals surface area contributed by atoms with Crippen molar-refractivity contribution in [1.82, 2.24) is 0 Å². The fourth-order valence-electron chi connectivity index (χ4n) is 2.59. The molecule has 0 atom stereocenters. The quantitative estimate of drug-likeness (QED) is 0.592. The summed E-state index contributed by atoms with van der Waals surface area (Å²) < 4.78 is 2.32. The molecule has 0 radical (unpaired) electrons. The number of rotatable bonds is 0. The maximum Gasteiger partial charge on any atom is 0.209 e. The molecule has 1 heteroatoms. The molecule has 0 saturated carbocycles. The summed E-state index contributed by atoms with van der Waals surface area (Å²) in [5, 5.41) is 0. The molecule has 17 heavy (non-hydrogen) atoms. The average molecular weight is 230 g/mol. The molecule has 0 amide bonds. The van der Waals surface area contributed by atoms with Crippen molar-refractivity contribution in [1.29, 1.82) is 0 Å². The standard InChI is InChI=1S/C16H24N/c1-11-16(5,6)13-10-12(15(2,3)4)8-9-14(13)17(11)7/h8-10H,1-7H3/q+1. The fourth-order valence-corrected chi connectivity index (χ4v) is 2.59. The zero-order valence-corrected chi connectivity index (χ0v) is 12.2. The minimum atomic E-state index is 0.158. The molecule has 0 N–H and O–H groups in total. The molecule has 0 saturated heterocycles. The summed E-state index contributed by atoms with van der Waals surface area (Å²) in [5.41, 5.74) is 6.06. The molecule has 1 aliphatic heterocycles. The molecule has 0 unspecified atom stereocenters. The summed E-state index contributed by atoms with van der Waals surface area (Å²) in [4.78, 5) is 0. The van der Waals surface area contributed by atoms with E-state index in [1.165, 1.54) is 22.5 Å². The molecule has 1 heterocycles. The van der Waals surface area contributed by atoms with Crippen LogP contribution >= 0.6 is 0 Å². The van der Waals surface area contributed by atoms with Crippen molar-refractivity contribution in [3.8, 4) is 0 Å². The van der Waals surface area contributed by atoms with Crippen LogP contribution in [0.1, 0.15) is 52.7 Å². The van der Waals surface area contributed by atoms with Gasteiger partial charge in [-0.3, -0.25) is 0 Å². The van der Waals surface area contributed by atoms with Crippen LogP contribution in [0.15, 0.2) is 18.2 Å². The molecule has 92 valence electrons. The number of nitrogens with zero attached hydrogens (tertiary/aromatic N) is 1. The van der Waals surface area contributed by atoms with E-state index in [0.29, 0.717) is 0 Å². The molecule has 1 nitrogen and oxygen atoms in total. The van der Waals surface area contributed by atoms with E-state index in [-0.39, 0.29) is 10.8 Å². The molecule has 1 aliphatic rings. The Labute approximate surface area is 105 Å². The van der Waals surface area contributed by atoms with Gasteiger partial charge in [0.1, 0.15) is 7.05 Å². The smallest absolute Gasteiger partial charge is 0.202 e. The first-order valence-corrected chi connectivity index (χ1v) is 6.38. The van der Waals surface area contributed by atoms with Gasteiger partial charge < -0.3 is 0 Å². The van der Waals surface area contributed by atoms with E-state index in [0.717, 1.165) is 0 Å². The molecule has 0 aromatic heterocycles. The third-order valence-electron chi connectivity index (χ3n) is 4.30. The van der Waals surface area contributed by atoms with Crippen molar-refractivity contribution < 1.29 is 4.58 Å². The molecule has 0 aliphatic carbocycles. The predicted octanol–water partition coefficient (Wildman–Crippen LogP) is 4.01. The van der Waals surface area contributed by atoms with Crippen LogP contribution in [-0.4, -0.2) is 17.3 Å². The van der Waals surface area contributed by atoms with Crippen LogP contribution < -0.4 is 0 Å². The first-order chi connectivity index (χ1) is 7.65. The topological polar surface area (TPSA) is 3.01 Å². The van der Waals surface area contributed by atoms with Crippen LogP contribution in [0.3, 0.4) is 0 Å². The molecule has 0 fully saturated rings. The molecule has 1 aromatic carbocycles. The van der Waals surface area contributed by atoms with E-state index in [9.17, 15) is 0 Å². The molecule has 1 aromatic rings. The molecule has 0 spiro atoms.